The van der Waals surface area contributed by atoms with Crippen molar-refractivity contribution in [2.45, 2.75) is 19.4 Å². The van der Waals surface area contributed by atoms with Crippen LogP contribution < -0.4 is 15.9 Å². The van der Waals surface area contributed by atoms with Gasteiger partial charge in [-0.15, -0.1) is 16.3 Å². The average molecular weight is 276 g/mol. The van der Waals surface area contributed by atoms with E-state index in [0.29, 0.717) is 5.95 Å². The van der Waals surface area contributed by atoms with E-state index in [2.05, 4.69) is 10.3 Å². The minimum absolute atomic E-state index is 0.242. The van der Waals surface area contributed by atoms with Crippen molar-refractivity contribution in [3.05, 3.63) is 10.5 Å². The zero-order valence-electron chi connectivity index (χ0n) is 11.2. The van der Waals surface area contributed by atoms with Gasteiger partial charge in [0.1, 0.15) is 0 Å². The monoisotopic (exact) mass is 275 g/mol. The number of hydrogen-bond donors (Lipinski definition) is 1. The lowest BCUT2D eigenvalue weighted by Gasteiger charge is -2.23. The molecule has 1 heterocycles. The van der Waals surface area contributed by atoms with E-state index >= 15 is 0 Å². The summed E-state index contributed by atoms with van der Waals surface area (Å²) >= 11 is 5.73. The van der Waals surface area contributed by atoms with Gasteiger partial charge >= 0.3 is 11.7 Å². The summed E-state index contributed by atoms with van der Waals surface area (Å²) in [6.07, 6.45) is 0. The molecule has 1 N–H and O–H groups in total. The summed E-state index contributed by atoms with van der Waals surface area (Å²) in [6, 6.07) is -0.547. The van der Waals surface area contributed by atoms with Gasteiger partial charge in [-0.2, -0.15) is 4.98 Å². The zero-order valence-corrected chi connectivity index (χ0v) is 11.9. The molecule has 0 aliphatic carbocycles. The van der Waals surface area contributed by atoms with Crippen molar-refractivity contribution < 1.29 is 4.79 Å². The van der Waals surface area contributed by atoms with E-state index in [1.165, 1.54) is 4.68 Å². The molecule has 1 amide bonds. The summed E-state index contributed by atoms with van der Waals surface area (Å²) in [7, 11) is 5.08. The van der Waals surface area contributed by atoms with Crippen LogP contribution in [0.5, 0.6) is 0 Å². The van der Waals surface area contributed by atoms with E-state index in [4.69, 9.17) is 11.6 Å². The Morgan fingerprint density at radius 3 is 2.44 bits per heavy atom. The zero-order chi connectivity index (χ0) is 14.1. The van der Waals surface area contributed by atoms with Crippen LogP contribution in [0, 0.1) is 0 Å². The second-order valence-electron chi connectivity index (χ2n) is 4.87. The predicted octanol–water partition coefficient (Wildman–Crippen LogP) is 0.223. The number of alkyl halides is 1. The summed E-state index contributed by atoms with van der Waals surface area (Å²) in [5.74, 6) is 0.644. The number of nitrogens with one attached hydrogen (secondary N) is 1. The van der Waals surface area contributed by atoms with Crippen LogP contribution in [0.4, 0.5) is 10.7 Å². The second-order valence-corrected chi connectivity index (χ2v) is 5.14. The molecule has 0 aliphatic rings. The van der Waals surface area contributed by atoms with Gasteiger partial charge in [0.2, 0.25) is 5.95 Å². The second kappa shape index (κ2) is 5.01. The Kier molecular flexibility index (Phi) is 4.05. The number of rotatable bonds is 3. The molecule has 102 valence electrons. The molecular weight excluding hydrogens is 258 g/mol. The van der Waals surface area contributed by atoms with Crippen LogP contribution in [0.2, 0.25) is 0 Å². The van der Waals surface area contributed by atoms with Crippen LogP contribution in [0.1, 0.15) is 13.8 Å². The molecule has 0 saturated carbocycles. The van der Waals surface area contributed by atoms with Crippen molar-refractivity contribution in [1.82, 2.24) is 19.7 Å². The van der Waals surface area contributed by atoms with Crippen LogP contribution in [-0.4, -0.2) is 45.9 Å². The van der Waals surface area contributed by atoms with E-state index in [0.717, 1.165) is 4.68 Å². The Morgan fingerprint density at radius 1 is 1.50 bits per heavy atom. The molecule has 0 fully saturated rings. The molecule has 1 aromatic rings. The molecule has 1 aromatic heterocycles. The number of carbonyl (C=O) groups excluding carboxylic acids is 1. The maximum absolute atomic E-state index is 12.0. The quantitative estimate of drug-likeness (QED) is 0.801. The number of anilines is 1. The average Bonchev–Trinajstić information content (AvgIpc) is 2.53. The smallest absolute Gasteiger partial charge is 0.347 e. The standard InChI is InChI=1S/C10H18ClN5O2/c1-10(2,6-11)13-9(18)16-8(17)12-7(14(3)4)15(16)5/h6H2,1-5H3,(H,13,18). The fourth-order valence-corrected chi connectivity index (χ4v) is 1.48. The molecule has 1 rings (SSSR count). The number of carbonyl (C=O) groups is 1. The highest BCUT2D eigenvalue weighted by atomic mass is 35.5. The van der Waals surface area contributed by atoms with Crippen molar-refractivity contribution >= 4 is 23.6 Å². The SMILES string of the molecule is CN(C)c1nc(=O)n(C(=O)NC(C)(C)CCl)n1C. The predicted molar refractivity (Wildman–Crippen MR) is 70.5 cm³/mol. The van der Waals surface area contributed by atoms with Gasteiger partial charge in [-0.1, -0.05) is 0 Å². The number of nitrogens with zero attached hydrogens (tertiary/aromatic N) is 4. The van der Waals surface area contributed by atoms with Gasteiger partial charge in [0, 0.05) is 32.6 Å². The summed E-state index contributed by atoms with van der Waals surface area (Å²) in [5, 5.41) is 2.67. The third kappa shape index (κ3) is 2.84. The highest BCUT2D eigenvalue weighted by Crippen LogP contribution is 2.06. The van der Waals surface area contributed by atoms with Crippen LogP contribution in [0.25, 0.3) is 0 Å². The molecule has 0 saturated heterocycles. The molecule has 8 heteroatoms. The molecule has 0 radical (unpaired) electrons. The van der Waals surface area contributed by atoms with E-state index < -0.39 is 17.3 Å². The molecule has 7 nitrogen and oxygen atoms in total. The summed E-state index contributed by atoms with van der Waals surface area (Å²) in [6.45, 7) is 3.54. The molecule has 0 aliphatic heterocycles. The minimum atomic E-state index is -0.621. The first-order chi connectivity index (χ1) is 8.19. The number of halogens is 1. The molecule has 0 bridgehead atoms. The Morgan fingerprint density at radius 2 is 2.06 bits per heavy atom. The molecule has 18 heavy (non-hydrogen) atoms. The Hall–Kier alpha value is -1.50. The Balaban J connectivity index is 3.11. The van der Waals surface area contributed by atoms with Crippen LogP contribution >= 0.6 is 11.6 Å². The van der Waals surface area contributed by atoms with Gasteiger partial charge in [-0.05, 0) is 13.8 Å². The summed E-state index contributed by atoms with van der Waals surface area (Å²) in [4.78, 5) is 29.1. The van der Waals surface area contributed by atoms with Gasteiger partial charge in [-0.3, -0.25) is 0 Å². The fraction of sp³-hybridized carbons (Fsp3) is 0.700. The first-order valence-electron chi connectivity index (χ1n) is 5.41. The van der Waals surface area contributed by atoms with Crippen molar-refractivity contribution in [3.63, 3.8) is 0 Å². The fourth-order valence-electron chi connectivity index (χ4n) is 1.41. The maximum Gasteiger partial charge on any atom is 0.374 e. The number of hydrogen-bond acceptors (Lipinski definition) is 4. The largest absolute Gasteiger partial charge is 0.374 e. The van der Waals surface area contributed by atoms with E-state index in [1.807, 2.05) is 0 Å². The van der Waals surface area contributed by atoms with Crippen molar-refractivity contribution in [3.8, 4) is 0 Å². The van der Waals surface area contributed by atoms with E-state index in [1.54, 1.807) is 39.9 Å². The van der Waals surface area contributed by atoms with E-state index in [9.17, 15) is 9.59 Å². The molecular formula is C10H18ClN5O2. The molecule has 0 unspecified atom stereocenters. The first-order valence-corrected chi connectivity index (χ1v) is 5.95. The topological polar surface area (TPSA) is 72.2 Å². The number of amides is 1. The lowest BCUT2D eigenvalue weighted by molar-refractivity contribution is 0.227. The van der Waals surface area contributed by atoms with Crippen molar-refractivity contribution in [2.24, 2.45) is 7.05 Å². The first kappa shape index (κ1) is 14.6. The third-order valence-corrected chi connectivity index (χ3v) is 3.01. The molecule has 0 spiro atoms. The van der Waals surface area contributed by atoms with Gasteiger partial charge < -0.3 is 10.2 Å². The van der Waals surface area contributed by atoms with Crippen molar-refractivity contribution in [2.75, 3.05) is 24.9 Å². The molecule has 0 aromatic carbocycles. The lowest BCUT2D eigenvalue weighted by atomic mass is 10.1. The van der Waals surface area contributed by atoms with Crippen LogP contribution in [-0.2, 0) is 7.05 Å². The third-order valence-electron chi connectivity index (χ3n) is 2.34. The minimum Gasteiger partial charge on any atom is -0.347 e. The number of aromatic nitrogens is 3. The Labute approximate surface area is 110 Å². The van der Waals surface area contributed by atoms with Gasteiger partial charge in [-0.25, -0.2) is 14.3 Å². The normalized spacial score (nSPS) is 11.4. The van der Waals surface area contributed by atoms with E-state index in [-0.39, 0.29) is 5.88 Å². The van der Waals surface area contributed by atoms with Crippen molar-refractivity contribution in [1.29, 1.82) is 0 Å². The summed E-state index contributed by atoms with van der Waals surface area (Å²) < 4.78 is 2.33. The van der Waals surface area contributed by atoms with Gasteiger partial charge in [0.25, 0.3) is 0 Å². The van der Waals surface area contributed by atoms with Crippen LogP contribution in [0.3, 0.4) is 0 Å². The van der Waals surface area contributed by atoms with Gasteiger partial charge in [0.15, 0.2) is 0 Å². The molecule has 0 atom stereocenters. The lowest BCUT2D eigenvalue weighted by Crippen LogP contribution is -2.50. The maximum atomic E-state index is 12.0. The highest BCUT2D eigenvalue weighted by Gasteiger charge is 2.24. The van der Waals surface area contributed by atoms with Crippen LogP contribution in [0.15, 0.2) is 4.79 Å². The Bertz CT molecular complexity index is 503. The summed E-state index contributed by atoms with van der Waals surface area (Å²) in [5.41, 5.74) is -1.22. The highest BCUT2D eigenvalue weighted by molar-refractivity contribution is 6.18. The van der Waals surface area contributed by atoms with Gasteiger partial charge in [0.05, 0.1) is 0 Å².